The van der Waals surface area contributed by atoms with E-state index >= 15 is 4.39 Å². The Labute approximate surface area is 322 Å². The molecule has 0 fully saturated rings. The van der Waals surface area contributed by atoms with Crippen molar-refractivity contribution in [1.29, 1.82) is 0 Å². The Balaban J connectivity index is 1.74. The van der Waals surface area contributed by atoms with Gasteiger partial charge in [-0.3, -0.25) is 19.2 Å². The van der Waals surface area contributed by atoms with Gasteiger partial charge in [-0.1, -0.05) is 51.1 Å². The van der Waals surface area contributed by atoms with E-state index in [1.165, 1.54) is 11.8 Å². The molecule has 2 aromatic carbocycles. The molecule has 3 amide bonds. The molecule has 294 valence electrons. The number of carboxylic acids is 2. The molecular weight excluding hydrogens is 741 g/mol. The maximum Gasteiger partial charge on any atom is 0.328 e. The highest BCUT2D eigenvalue weighted by atomic mass is 32.2. The second-order valence-corrected chi connectivity index (χ2v) is 15.9. The van der Waals surface area contributed by atoms with Gasteiger partial charge >= 0.3 is 11.9 Å². The van der Waals surface area contributed by atoms with Gasteiger partial charge in [-0.2, -0.15) is 23.5 Å². The van der Waals surface area contributed by atoms with Crippen molar-refractivity contribution in [3.05, 3.63) is 83.7 Å². The smallest absolute Gasteiger partial charge is 0.328 e. The van der Waals surface area contributed by atoms with Gasteiger partial charge in [0.1, 0.15) is 17.7 Å². The summed E-state index contributed by atoms with van der Waals surface area (Å²) in [5.74, 6) is -4.37. The number of nitrogens with one attached hydrogen (secondary N) is 2. The standard InChI is InChI=1S/C38H49F2N5O7S2/c1-38(2,3)36(31-18-26(28-19-27(39)10-11-29(28)40)22-44(31)21-25-8-5-4-6-9-25)45(15-7-14-41)34(48)24-54-16-12-32(46)43-30(37(51)52)20-42-33(47)23-53-17-13-35(49)50/h4-6,8-11,18-19,22,30,36H,7,12-17,20-21,23-24,41H2,1-3H3,(H,42,47)(H,43,46)(H,49,50)(H,51,52)/t30-,36+/m1/s1. The van der Waals surface area contributed by atoms with E-state index in [-0.39, 0.29) is 53.9 Å². The molecule has 3 aromatic rings. The summed E-state index contributed by atoms with van der Waals surface area (Å²) in [6.45, 7) is 6.71. The number of halogens is 2. The Hall–Kier alpha value is -4.41. The SMILES string of the molecule is CC(C)(C)[C@H](c1cc(-c2cc(F)ccc2F)cn1Cc1ccccc1)N(CCCN)C(=O)CSCCC(=O)N[C@H](CNC(=O)CSCCC(=O)O)C(=O)O. The highest BCUT2D eigenvalue weighted by molar-refractivity contribution is 8.00. The van der Waals surface area contributed by atoms with Crippen LogP contribution in [-0.2, 0) is 30.5 Å². The van der Waals surface area contributed by atoms with E-state index in [9.17, 15) is 33.5 Å². The van der Waals surface area contributed by atoms with Crippen LogP contribution in [0.25, 0.3) is 11.1 Å². The van der Waals surface area contributed by atoms with Gasteiger partial charge in [0.15, 0.2) is 0 Å². The average molecular weight is 790 g/mol. The first-order chi connectivity index (χ1) is 25.6. The van der Waals surface area contributed by atoms with Crippen LogP contribution in [0, 0.1) is 17.0 Å². The van der Waals surface area contributed by atoms with Crippen LogP contribution < -0.4 is 16.4 Å². The number of nitrogens with zero attached hydrogens (tertiary/aromatic N) is 2. The maximum absolute atomic E-state index is 15.0. The molecule has 0 bridgehead atoms. The quantitative estimate of drug-likeness (QED) is 0.0890. The van der Waals surface area contributed by atoms with Gasteiger partial charge < -0.3 is 36.0 Å². The summed E-state index contributed by atoms with van der Waals surface area (Å²) < 4.78 is 31.3. The fourth-order valence-corrected chi connectivity index (χ4v) is 7.30. The number of hydrogen-bond acceptors (Lipinski definition) is 8. The Morgan fingerprint density at radius 2 is 1.61 bits per heavy atom. The minimum atomic E-state index is -1.38. The second-order valence-electron chi connectivity index (χ2n) is 13.7. The summed E-state index contributed by atoms with van der Waals surface area (Å²) in [6.07, 6.45) is 2.08. The van der Waals surface area contributed by atoms with E-state index in [0.29, 0.717) is 31.6 Å². The first-order valence-corrected chi connectivity index (χ1v) is 19.8. The number of carbonyl (C=O) groups excluding carboxylic acids is 3. The van der Waals surface area contributed by atoms with Crippen LogP contribution in [0.5, 0.6) is 0 Å². The van der Waals surface area contributed by atoms with Crippen molar-refractivity contribution in [2.75, 3.05) is 42.6 Å². The van der Waals surface area contributed by atoms with Crippen LogP contribution >= 0.6 is 23.5 Å². The van der Waals surface area contributed by atoms with Crippen molar-refractivity contribution >= 4 is 53.2 Å². The van der Waals surface area contributed by atoms with Crippen molar-refractivity contribution in [3.63, 3.8) is 0 Å². The lowest BCUT2D eigenvalue weighted by Gasteiger charge is -2.41. The zero-order valence-electron chi connectivity index (χ0n) is 30.7. The van der Waals surface area contributed by atoms with E-state index < -0.39 is 52.9 Å². The van der Waals surface area contributed by atoms with Crippen LogP contribution in [0.2, 0.25) is 0 Å². The third-order valence-corrected chi connectivity index (χ3v) is 10.1. The van der Waals surface area contributed by atoms with E-state index in [1.54, 1.807) is 17.2 Å². The number of nitrogens with two attached hydrogens (primary N) is 1. The molecule has 54 heavy (non-hydrogen) atoms. The average Bonchev–Trinajstić information content (AvgIpc) is 3.51. The summed E-state index contributed by atoms with van der Waals surface area (Å²) in [7, 11) is 0. The van der Waals surface area contributed by atoms with Gasteiger partial charge in [-0.05, 0) is 48.2 Å². The largest absolute Gasteiger partial charge is 0.481 e. The first kappa shape index (κ1) is 44.0. The van der Waals surface area contributed by atoms with Crippen LogP contribution in [0.15, 0.2) is 60.8 Å². The van der Waals surface area contributed by atoms with Crippen LogP contribution in [-0.4, -0.2) is 98.0 Å². The number of benzene rings is 2. The molecule has 0 aliphatic rings. The lowest BCUT2D eigenvalue weighted by Crippen LogP contribution is -2.48. The molecule has 0 spiro atoms. The number of carbonyl (C=O) groups is 5. The van der Waals surface area contributed by atoms with Crippen molar-refractivity contribution < 1.29 is 43.0 Å². The number of thioether (sulfide) groups is 2. The van der Waals surface area contributed by atoms with E-state index in [4.69, 9.17) is 10.8 Å². The first-order valence-electron chi connectivity index (χ1n) is 17.5. The van der Waals surface area contributed by atoms with E-state index in [1.807, 2.05) is 55.7 Å². The van der Waals surface area contributed by atoms with Crippen LogP contribution in [0.1, 0.15) is 57.3 Å². The fraction of sp³-hybridized carbons (Fsp3) is 0.447. The number of rotatable bonds is 22. The number of aliphatic carboxylic acids is 2. The molecule has 1 aromatic heterocycles. The summed E-state index contributed by atoms with van der Waals surface area (Å²) in [6, 6.07) is 12.9. The van der Waals surface area contributed by atoms with E-state index in [2.05, 4.69) is 10.6 Å². The Bertz CT molecular complexity index is 1740. The summed E-state index contributed by atoms with van der Waals surface area (Å²) in [4.78, 5) is 62.8. The second kappa shape index (κ2) is 21.5. The molecule has 0 unspecified atom stereocenters. The minimum absolute atomic E-state index is 0.00711. The maximum atomic E-state index is 15.0. The number of hydrogen-bond donors (Lipinski definition) is 5. The van der Waals surface area contributed by atoms with Crippen LogP contribution in [0.3, 0.4) is 0 Å². The molecule has 12 nitrogen and oxygen atoms in total. The summed E-state index contributed by atoms with van der Waals surface area (Å²) in [5, 5.41) is 23.1. The molecule has 0 aliphatic heterocycles. The van der Waals surface area contributed by atoms with Crippen molar-refractivity contribution in [2.45, 2.75) is 58.7 Å². The van der Waals surface area contributed by atoms with Crippen molar-refractivity contribution in [2.24, 2.45) is 11.1 Å². The van der Waals surface area contributed by atoms with Gasteiger partial charge in [0.05, 0.1) is 24.0 Å². The topological polar surface area (TPSA) is 184 Å². The summed E-state index contributed by atoms with van der Waals surface area (Å²) >= 11 is 2.31. The molecule has 16 heteroatoms. The van der Waals surface area contributed by atoms with Crippen LogP contribution in [0.4, 0.5) is 8.78 Å². The van der Waals surface area contributed by atoms with Gasteiger partial charge in [-0.15, -0.1) is 0 Å². The lowest BCUT2D eigenvalue weighted by molar-refractivity contribution is -0.141. The monoisotopic (exact) mass is 789 g/mol. The van der Waals surface area contributed by atoms with Gasteiger partial charge in [-0.25, -0.2) is 13.6 Å². The molecule has 3 rings (SSSR count). The third-order valence-electron chi connectivity index (χ3n) is 8.23. The van der Waals surface area contributed by atoms with Crippen molar-refractivity contribution in [3.8, 4) is 11.1 Å². The zero-order chi connectivity index (χ0) is 39.8. The van der Waals surface area contributed by atoms with Gasteiger partial charge in [0.2, 0.25) is 17.7 Å². The Morgan fingerprint density at radius 1 is 0.926 bits per heavy atom. The highest BCUT2D eigenvalue weighted by Gasteiger charge is 2.37. The number of aromatic nitrogens is 1. The van der Waals surface area contributed by atoms with Gasteiger partial charge in [0, 0.05) is 60.6 Å². The third kappa shape index (κ3) is 14.1. The minimum Gasteiger partial charge on any atom is -0.481 e. The molecule has 6 N–H and O–H groups in total. The number of carboxylic acid groups (broad SMARTS) is 2. The predicted molar refractivity (Wildman–Crippen MR) is 207 cm³/mol. The molecule has 0 aliphatic carbocycles. The predicted octanol–water partition coefficient (Wildman–Crippen LogP) is 4.76. The molecular formula is C38H49F2N5O7S2. The Morgan fingerprint density at radius 3 is 2.26 bits per heavy atom. The summed E-state index contributed by atoms with van der Waals surface area (Å²) in [5.41, 5.74) is 7.64. The lowest BCUT2D eigenvalue weighted by atomic mass is 9.83. The zero-order valence-corrected chi connectivity index (χ0v) is 32.3. The highest BCUT2D eigenvalue weighted by Crippen LogP contribution is 2.41. The van der Waals surface area contributed by atoms with E-state index in [0.717, 1.165) is 41.2 Å². The molecule has 0 saturated heterocycles. The fourth-order valence-electron chi connectivity index (χ4n) is 5.74. The van der Waals surface area contributed by atoms with Gasteiger partial charge in [0.25, 0.3) is 0 Å². The molecule has 2 atom stereocenters. The molecule has 0 saturated carbocycles. The molecule has 0 radical (unpaired) electrons. The Kier molecular flexibility index (Phi) is 17.5. The normalized spacial score (nSPS) is 12.5. The van der Waals surface area contributed by atoms with Crippen molar-refractivity contribution in [1.82, 2.24) is 20.1 Å². The number of amides is 3. The molecule has 1 heterocycles.